The molecule has 0 spiro atoms. The van der Waals surface area contributed by atoms with Crippen LogP contribution in [-0.4, -0.2) is 55.5 Å². The molecule has 0 aromatic heterocycles. The number of hydrogen-bond donors (Lipinski definition) is 2. The molecule has 0 bridgehead atoms. The zero-order valence-corrected chi connectivity index (χ0v) is 12.1. The van der Waals surface area contributed by atoms with Gasteiger partial charge < -0.3 is 10.2 Å². The molecule has 0 radical (unpaired) electrons. The van der Waals surface area contributed by atoms with Crippen LogP contribution >= 0.6 is 0 Å². The van der Waals surface area contributed by atoms with Gasteiger partial charge in [0.2, 0.25) is 5.91 Å². The van der Waals surface area contributed by atoms with Crippen LogP contribution in [0.3, 0.4) is 0 Å². The summed E-state index contributed by atoms with van der Waals surface area (Å²) in [7, 11) is 0. The van der Waals surface area contributed by atoms with Crippen molar-refractivity contribution in [3.63, 3.8) is 0 Å². The molecular formula is C14H25F2N3O. The van der Waals surface area contributed by atoms with Crippen LogP contribution in [0.25, 0.3) is 0 Å². The van der Waals surface area contributed by atoms with Gasteiger partial charge in [-0.25, -0.2) is 8.78 Å². The Bertz CT molecular complexity index is 330. The molecule has 2 N–H and O–H groups in total. The Morgan fingerprint density at radius 1 is 1.40 bits per heavy atom. The fourth-order valence-corrected chi connectivity index (χ4v) is 3.01. The lowest BCUT2D eigenvalue weighted by molar-refractivity contribution is -0.123. The van der Waals surface area contributed by atoms with Gasteiger partial charge in [-0.1, -0.05) is 6.92 Å². The van der Waals surface area contributed by atoms with Crippen LogP contribution < -0.4 is 10.6 Å². The van der Waals surface area contributed by atoms with Gasteiger partial charge in [0.15, 0.2) is 0 Å². The van der Waals surface area contributed by atoms with Gasteiger partial charge in [-0.2, -0.15) is 0 Å². The summed E-state index contributed by atoms with van der Waals surface area (Å²) < 4.78 is 26.0. The van der Waals surface area contributed by atoms with E-state index in [4.69, 9.17) is 0 Å². The second kappa shape index (κ2) is 6.80. The van der Waals surface area contributed by atoms with Gasteiger partial charge in [0.1, 0.15) is 0 Å². The minimum atomic E-state index is -2.74. The van der Waals surface area contributed by atoms with E-state index in [1.54, 1.807) is 0 Å². The second-order valence-corrected chi connectivity index (χ2v) is 5.95. The fourth-order valence-electron chi connectivity index (χ4n) is 3.01. The lowest BCUT2D eigenvalue weighted by Crippen LogP contribution is -2.41. The minimum absolute atomic E-state index is 0.284. The minimum Gasteiger partial charge on any atom is -0.355 e. The van der Waals surface area contributed by atoms with E-state index in [2.05, 4.69) is 22.5 Å². The first-order chi connectivity index (χ1) is 9.50. The maximum Gasteiger partial charge on any atom is 0.262 e. The van der Waals surface area contributed by atoms with Gasteiger partial charge in [-0.3, -0.25) is 10.1 Å². The largest absolute Gasteiger partial charge is 0.355 e. The Hall–Kier alpha value is -0.750. The van der Waals surface area contributed by atoms with E-state index in [0.29, 0.717) is 12.5 Å². The van der Waals surface area contributed by atoms with Crippen LogP contribution in [0, 0.1) is 5.92 Å². The lowest BCUT2D eigenvalue weighted by Gasteiger charge is -2.31. The summed E-state index contributed by atoms with van der Waals surface area (Å²) in [4.78, 5) is 14.2. The van der Waals surface area contributed by atoms with Crippen molar-refractivity contribution < 1.29 is 13.6 Å². The van der Waals surface area contributed by atoms with Gasteiger partial charge in [0.25, 0.3) is 5.92 Å². The summed E-state index contributed by atoms with van der Waals surface area (Å²) in [5, 5.41) is 5.37. The van der Waals surface area contributed by atoms with Crippen LogP contribution in [0.1, 0.15) is 32.6 Å². The first-order valence-corrected chi connectivity index (χ1v) is 7.61. The highest BCUT2D eigenvalue weighted by Gasteiger charge is 2.42. The van der Waals surface area contributed by atoms with E-state index in [0.717, 1.165) is 26.1 Å². The first kappa shape index (κ1) is 15.6. The van der Waals surface area contributed by atoms with Gasteiger partial charge in [-0.05, 0) is 44.8 Å². The summed E-state index contributed by atoms with van der Waals surface area (Å²) in [5.74, 6) is -2.38. The molecule has 116 valence electrons. The number of nitrogens with one attached hydrogen (secondary N) is 2. The van der Waals surface area contributed by atoms with E-state index in [1.165, 1.54) is 12.8 Å². The monoisotopic (exact) mass is 289 g/mol. The number of carbonyl (C=O) groups excluding carboxylic acids is 1. The maximum atomic E-state index is 13.0. The Kier molecular flexibility index (Phi) is 5.32. The number of alkyl halides is 2. The molecule has 2 saturated heterocycles. The smallest absolute Gasteiger partial charge is 0.262 e. The van der Waals surface area contributed by atoms with Crippen LogP contribution in [0.5, 0.6) is 0 Å². The molecule has 4 nitrogen and oxygen atoms in total. The number of nitrogens with zero attached hydrogens (tertiary/aromatic N) is 1. The molecular weight excluding hydrogens is 264 g/mol. The van der Waals surface area contributed by atoms with E-state index >= 15 is 0 Å². The Morgan fingerprint density at radius 2 is 2.10 bits per heavy atom. The summed E-state index contributed by atoms with van der Waals surface area (Å²) in [6.45, 7) is 5.74. The lowest BCUT2D eigenvalue weighted by atomic mass is 9.93. The fraction of sp³-hybridized carbons (Fsp3) is 0.929. The number of piperidine rings is 1. The zero-order valence-electron chi connectivity index (χ0n) is 12.1. The normalized spacial score (nSPS) is 27.6. The van der Waals surface area contributed by atoms with Crippen molar-refractivity contribution in [2.24, 2.45) is 5.92 Å². The van der Waals surface area contributed by atoms with Crippen LogP contribution in [-0.2, 0) is 4.79 Å². The van der Waals surface area contributed by atoms with E-state index < -0.39 is 12.0 Å². The average Bonchev–Trinajstić information content (AvgIpc) is 2.80. The molecule has 2 aliphatic heterocycles. The summed E-state index contributed by atoms with van der Waals surface area (Å²) in [5.41, 5.74) is 0. The molecule has 20 heavy (non-hydrogen) atoms. The highest BCUT2D eigenvalue weighted by atomic mass is 19.3. The third-order valence-electron chi connectivity index (χ3n) is 4.43. The Labute approximate surface area is 119 Å². The Morgan fingerprint density at radius 3 is 2.65 bits per heavy atom. The number of halogens is 2. The van der Waals surface area contributed by atoms with E-state index in [1.807, 2.05) is 0 Å². The molecule has 1 atom stereocenters. The molecule has 1 amide bonds. The van der Waals surface area contributed by atoms with Crippen molar-refractivity contribution >= 4 is 5.91 Å². The van der Waals surface area contributed by atoms with Crippen molar-refractivity contribution in [2.75, 3.05) is 32.7 Å². The molecule has 2 rings (SSSR count). The van der Waals surface area contributed by atoms with Crippen LogP contribution in [0.15, 0.2) is 0 Å². The number of carbonyl (C=O) groups is 1. The second-order valence-electron chi connectivity index (χ2n) is 5.95. The Balaban J connectivity index is 1.60. The van der Waals surface area contributed by atoms with Gasteiger partial charge in [-0.15, -0.1) is 0 Å². The first-order valence-electron chi connectivity index (χ1n) is 7.61. The third-order valence-corrected chi connectivity index (χ3v) is 4.43. The maximum absolute atomic E-state index is 13.0. The summed E-state index contributed by atoms with van der Waals surface area (Å²) in [6, 6.07) is -0.730. The number of rotatable bonds is 5. The van der Waals surface area contributed by atoms with E-state index in [9.17, 15) is 13.6 Å². The topological polar surface area (TPSA) is 44.4 Å². The molecule has 6 heteroatoms. The zero-order chi connectivity index (χ0) is 14.6. The van der Waals surface area contributed by atoms with Crippen LogP contribution in [0.4, 0.5) is 8.78 Å². The molecule has 0 aliphatic carbocycles. The van der Waals surface area contributed by atoms with Gasteiger partial charge in [0.05, 0.1) is 12.6 Å². The highest BCUT2D eigenvalue weighted by molar-refractivity contribution is 5.82. The SMILES string of the molecule is CCN1CCC(CCNC(=O)C2CC(F)(F)CN2)CC1. The van der Waals surface area contributed by atoms with E-state index in [-0.39, 0.29) is 18.9 Å². The molecule has 0 aromatic rings. The van der Waals surface area contributed by atoms with Gasteiger partial charge in [0, 0.05) is 13.0 Å². The predicted molar refractivity (Wildman–Crippen MR) is 73.8 cm³/mol. The number of amides is 1. The van der Waals surface area contributed by atoms with Crippen LogP contribution in [0.2, 0.25) is 0 Å². The molecule has 2 heterocycles. The summed E-state index contributed by atoms with van der Waals surface area (Å²) in [6.07, 6.45) is 2.91. The molecule has 2 aliphatic rings. The van der Waals surface area contributed by atoms with Gasteiger partial charge >= 0.3 is 0 Å². The standard InChI is InChI=1S/C14H25F2N3O/c1-2-19-7-4-11(5-8-19)3-6-17-13(20)12-9-14(15,16)10-18-12/h11-12,18H,2-10H2,1H3,(H,17,20). The third kappa shape index (κ3) is 4.38. The number of likely N-dealkylation sites (tertiary alicyclic amines) is 1. The van der Waals surface area contributed by atoms with Crippen molar-refractivity contribution in [2.45, 2.75) is 44.6 Å². The van der Waals surface area contributed by atoms with Crippen molar-refractivity contribution in [1.82, 2.24) is 15.5 Å². The highest BCUT2D eigenvalue weighted by Crippen LogP contribution is 2.25. The molecule has 2 fully saturated rings. The quantitative estimate of drug-likeness (QED) is 0.800. The van der Waals surface area contributed by atoms with Crippen molar-refractivity contribution in [3.8, 4) is 0 Å². The average molecular weight is 289 g/mol. The summed E-state index contributed by atoms with van der Waals surface area (Å²) >= 11 is 0. The predicted octanol–water partition coefficient (Wildman–Crippen LogP) is 1.22. The number of hydrogen-bond acceptors (Lipinski definition) is 3. The molecule has 0 aromatic carbocycles. The molecule has 0 saturated carbocycles. The van der Waals surface area contributed by atoms with Crippen molar-refractivity contribution in [1.29, 1.82) is 0 Å². The van der Waals surface area contributed by atoms with Crippen molar-refractivity contribution in [3.05, 3.63) is 0 Å². The molecule has 1 unspecified atom stereocenters.